The highest BCUT2D eigenvalue weighted by molar-refractivity contribution is 6.04. The number of carbonyl (C=O) groups is 2. The van der Waals surface area contributed by atoms with Crippen LogP contribution in [-0.2, 0) is 4.79 Å². The molecular weight excluding hydrogens is 356 g/mol. The van der Waals surface area contributed by atoms with Crippen LogP contribution in [0.2, 0.25) is 0 Å². The van der Waals surface area contributed by atoms with Crippen molar-refractivity contribution in [3.8, 4) is 11.4 Å². The first-order valence-corrected chi connectivity index (χ1v) is 8.99. The summed E-state index contributed by atoms with van der Waals surface area (Å²) in [6, 6.07) is 16.0. The fourth-order valence-corrected chi connectivity index (χ4v) is 2.63. The van der Waals surface area contributed by atoms with E-state index in [-0.39, 0.29) is 18.4 Å². The maximum Gasteiger partial charge on any atom is 0.257 e. The average Bonchev–Trinajstić information content (AvgIpc) is 3.14. The van der Waals surface area contributed by atoms with E-state index in [1.54, 1.807) is 47.3 Å². The summed E-state index contributed by atoms with van der Waals surface area (Å²) in [6.45, 7) is 4.34. The Balaban J connectivity index is 1.58. The lowest BCUT2D eigenvalue weighted by molar-refractivity contribution is -0.122. The molecule has 0 bridgehead atoms. The Hall–Kier alpha value is -3.61. The number of aryl methyl sites for hydroxylation is 1. The number of hydrogen-bond acceptors (Lipinski definition) is 4. The quantitative estimate of drug-likeness (QED) is 0.662. The van der Waals surface area contributed by atoms with E-state index in [9.17, 15) is 9.59 Å². The summed E-state index contributed by atoms with van der Waals surface area (Å²) < 4.78 is 7.20. The Kier molecular flexibility index (Phi) is 6.06. The van der Waals surface area contributed by atoms with E-state index in [1.165, 1.54) is 0 Å². The minimum absolute atomic E-state index is 0.0401. The predicted octanol–water partition coefficient (Wildman–Crippen LogP) is 2.95. The van der Waals surface area contributed by atoms with Crippen molar-refractivity contribution in [3.63, 3.8) is 0 Å². The number of anilines is 1. The fraction of sp³-hybridized carbons (Fsp3) is 0.190. The van der Waals surface area contributed by atoms with E-state index < -0.39 is 0 Å². The van der Waals surface area contributed by atoms with Gasteiger partial charge >= 0.3 is 0 Å². The van der Waals surface area contributed by atoms with Crippen LogP contribution in [0.4, 0.5) is 5.69 Å². The highest BCUT2D eigenvalue weighted by atomic mass is 16.5. The van der Waals surface area contributed by atoms with Crippen LogP contribution in [0.1, 0.15) is 23.0 Å². The van der Waals surface area contributed by atoms with Crippen molar-refractivity contribution in [1.82, 2.24) is 15.1 Å². The third kappa shape index (κ3) is 4.76. The van der Waals surface area contributed by atoms with Crippen molar-refractivity contribution in [2.45, 2.75) is 13.8 Å². The maximum absolute atomic E-state index is 12.4. The molecule has 0 aliphatic carbocycles. The van der Waals surface area contributed by atoms with Gasteiger partial charge in [-0.1, -0.05) is 0 Å². The standard InChI is InChI=1S/C21H22N4O3/c1-3-22-20(26)14-28-19-10-6-17(7-11-19)24-21(27)16-4-8-18(9-5-16)25-15(2)12-13-23-25/h4-13H,3,14H2,1-2H3,(H,22,26)(H,24,27). The van der Waals surface area contributed by atoms with Gasteiger partial charge in [-0.2, -0.15) is 5.10 Å². The normalized spacial score (nSPS) is 10.4. The topological polar surface area (TPSA) is 85.3 Å². The van der Waals surface area contributed by atoms with Crippen LogP contribution in [0, 0.1) is 6.92 Å². The largest absolute Gasteiger partial charge is 0.484 e. The maximum atomic E-state index is 12.4. The first-order valence-electron chi connectivity index (χ1n) is 8.99. The summed E-state index contributed by atoms with van der Waals surface area (Å²) in [5.74, 6) is 0.177. The van der Waals surface area contributed by atoms with Gasteiger partial charge in [0.15, 0.2) is 6.61 Å². The lowest BCUT2D eigenvalue weighted by Crippen LogP contribution is -2.28. The minimum atomic E-state index is -0.209. The molecular formula is C21H22N4O3. The van der Waals surface area contributed by atoms with Crippen molar-refractivity contribution in [2.75, 3.05) is 18.5 Å². The van der Waals surface area contributed by atoms with Gasteiger partial charge in [-0.05, 0) is 68.4 Å². The zero-order chi connectivity index (χ0) is 19.9. The minimum Gasteiger partial charge on any atom is -0.484 e. The van der Waals surface area contributed by atoms with Crippen LogP contribution in [0.3, 0.4) is 0 Å². The van der Waals surface area contributed by atoms with E-state index in [0.29, 0.717) is 23.5 Å². The molecule has 0 aliphatic heterocycles. The molecule has 0 saturated heterocycles. The Labute approximate surface area is 163 Å². The van der Waals surface area contributed by atoms with Gasteiger partial charge in [0.25, 0.3) is 11.8 Å². The third-order valence-corrected chi connectivity index (χ3v) is 4.06. The fourth-order valence-electron chi connectivity index (χ4n) is 2.63. The first-order chi connectivity index (χ1) is 13.6. The molecule has 144 valence electrons. The summed E-state index contributed by atoms with van der Waals surface area (Å²) in [7, 11) is 0. The molecule has 7 heteroatoms. The van der Waals surface area contributed by atoms with Gasteiger partial charge in [-0.3, -0.25) is 9.59 Å². The van der Waals surface area contributed by atoms with E-state index in [1.807, 2.05) is 32.0 Å². The molecule has 2 N–H and O–H groups in total. The van der Waals surface area contributed by atoms with Gasteiger partial charge in [-0.25, -0.2) is 4.68 Å². The van der Waals surface area contributed by atoms with E-state index >= 15 is 0 Å². The van der Waals surface area contributed by atoms with Gasteiger partial charge in [0, 0.05) is 29.7 Å². The number of amides is 2. The van der Waals surface area contributed by atoms with Crippen molar-refractivity contribution in [1.29, 1.82) is 0 Å². The number of aromatic nitrogens is 2. The van der Waals surface area contributed by atoms with Crippen LogP contribution < -0.4 is 15.4 Å². The Bertz CT molecular complexity index is 947. The molecule has 0 unspecified atom stereocenters. The van der Waals surface area contributed by atoms with Gasteiger partial charge in [-0.15, -0.1) is 0 Å². The molecule has 28 heavy (non-hydrogen) atoms. The number of rotatable bonds is 7. The van der Waals surface area contributed by atoms with Crippen molar-refractivity contribution < 1.29 is 14.3 Å². The summed E-state index contributed by atoms with van der Waals surface area (Å²) in [4.78, 5) is 23.8. The molecule has 0 spiro atoms. The molecule has 3 rings (SSSR count). The van der Waals surface area contributed by atoms with E-state index in [2.05, 4.69) is 15.7 Å². The van der Waals surface area contributed by atoms with E-state index in [0.717, 1.165) is 11.4 Å². The molecule has 0 fully saturated rings. The molecule has 1 heterocycles. The second-order valence-corrected chi connectivity index (χ2v) is 6.15. The third-order valence-electron chi connectivity index (χ3n) is 4.06. The molecule has 0 radical (unpaired) electrons. The Morgan fingerprint density at radius 3 is 2.36 bits per heavy atom. The van der Waals surface area contributed by atoms with Crippen LogP contribution in [-0.4, -0.2) is 34.7 Å². The lowest BCUT2D eigenvalue weighted by Gasteiger charge is -2.09. The molecule has 0 aliphatic rings. The SMILES string of the molecule is CCNC(=O)COc1ccc(NC(=O)c2ccc(-n3nccc3C)cc2)cc1. The number of ether oxygens (including phenoxy) is 1. The lowest BCUT2D eigenvalue weighted by atomic mass is 10.2. The van der Waals surface area contributed by atoms with Gasteiger partial charge in [0.05, 0.1) is 5.69 Å². The number of benzene rings is 2. The highest BCUT2D eigenvalue weighted by Crippen LogP contribution is 2.17. The summed E-state index contributed by atoms with van der Waals surface area (Å²) in [6.07, 6.45) is 1.74. The van der Waals surface area contributed by atoms with Crippen molar-refractivity contribution in [3.05, 3.63) is 72.1 Å². The molecule has 0 atom stereocenters. The van der Waals surface area contributed by atoms with Gasteiger partial charge in [0.1, 0.15) is 5.75 Å². The number of likely N-dealkylation sites (N-methyl/N-ethyl adjacent to an activating group) is 1. The van der Waals surface area contributed by atoms with Crippen LogP contribution in [0.15, 0.2) is 60.8 Å². The zero-order valence-corrected chi connectivity index (χ0v) is 15.8. The van der Waals surface area contributed by atoms with Crippen molar-refractivity contribution >= 4 is 17.5 Å². The monoisotopic (exact) mass is 378 g/mol. The van der Waals surface area contributed by atoms with E-state index in [4.69, 9.17) is 4.74 Å². The van der Waals surface area contributed by atoms with Gasteiger partial charge < -0.3 is 15.4 Å². The highest BCUT2D eigenvalue weighted by Gasteiger charge is 2.08. The summed E-state index contributed by atoms with van der Waals surface area (Å²) >= 11 is 0. The number of nitrogens with zero attached hydrogens (tertiary/aromatic N) is 2. The molecule has 2 aromatic carbocycles. The van der Waals surface area contributed by atoms with Crippen molar-refractivity contribution in [2.24, 2.45) is 0 Å². The second-order valence-electron chi connectivity index (χ2n) is 6.15. The smallest absolute Gasteiger partial charge is 0.257 e. The molecule has 0 saturated carbocycles. The Morgan fingerprint density at radius 2 is 1.75 bits per heavy atom. The Morgan fingerprint density at radius 1 is 1.04 bits per heavy atom. The second kappa shape index (κ2) is 8.85. The number of hydrogen-bond donors (Lipinski definition) is 2. The molecule has 7 nitrogen and oxygen atoms in total. The van der Waals surface area contributed by atoms with Crippen LogP contribution >= 0.6 is 0 Å². The average molecular weight is 378 g/mol. The molecule has 3 aromatic rings. The summed E-state index contributed by atoms with van der Waals surface area (Å²) in [5, 5.41) is 9.75. The van der Waals surface area contributed by atoms with Gasteiger partial charge in [0.2, 0.25) is 0 Å². The number of carbonyl (C=O) groups excluding carboxylic acids is 2. The van der Waals surface area contributed by atoms with Crippen LogP contribution in [0.25, 0.3) is 5.69 Å². The summed E-state index contributed by atoms with van der Waals surface area (Å²) in [5.41, 5.74) is 3.10. The zero-order valence-electron chi connectivity index (χ0n) is 15.8. The molecule has 2 amide bonds. The van der Waals surface area contributed by atoms with Crippen LogP contribution in [0.5, 0.6) is 5.75 Å². The first kappa shape index (κ1) is 19.2. The number of nitrogens with one attached hydrogen (secondary N) is 2. The molecule has 1 aromatic heterocycles. The predicted molar refractivity (Wildman–Crippen MR) is 107 cm³/mol.